The number of allylic oxidation sites excluding steroid dienone is 1. The monoisotopic (exact) mass is 367 g/mol. The lowest BCUT2D eigenvalue weighted by atomic mass is 10.1. The third-order valence-electron chi connectivity index (χ3n) is 4.97. The van der Waals surface area contributed by atoms with Gasteiger partial charge in [-0.15, -0.1) is 0 Å². The predicted octanol–water partition coefficient (Wildman–Crippen LogP) is 3.81. The molecule has 1 unspecified atom stereocenters. The maximum atomic E-state index is 12.9. The Labute approximate surface area is 158 Å². The van der Waals surface area contributed by atoms with E-state index in [1.54, 1.807) is 18.3 Å². The fraction of sp³-hybridized carbons (Fsp3) is 0.381. The second-order valence-corrected chi connectivity index (χ2v) is 6.82. The van der Waals surface area contributed by atoms with Crippen LogP contribution < -0.4 is 5.32 Å². The van der Waals surface area contributed by atoms with Crippen molar-refractivity contribution >= 4 is 11.9 Å². The largest absolute Gasteiger partial charge is 0.480 e. The Kier molecular flexibility index (Phi) is 6.06. The highest BCUT2D eigenvalue weighted by molar-refractivity contribution is 6.01. The average molecular weight is 367 g/mol. The molecule has 6 nitrogen and oxygen atoms in total. The molecule has 0 spiro atoms. The van der Waals surface area contributed by atoms with Crippen molar-refractivity contribution in [3.8, 4) is 11.3 Å². The number of carboxylic acid groups (broad SMARTS) is 1. The van der Waals surface area contributed by atoms with Crippen LogP contribution in [0.5, 0.6) is 0 Å². The van der Waals surface area contributed by atoms with Crippen LogP contribution in [-0.4, -0.2) is 32.8 Å². The molecule has 1 amide bonds. The number of hydrogen-bond acceptors (Lipinski definition) is 3. The summed E-state index contributed by atoms with van der Waals surface area (Å²) < 4.78 is 1.94. The van der Waals surface area contributed by atoms with E-state index in [0.29, 0.717) is 5.56 Å². The molecule has 142 valence electrons. The SMILES string of the molecule is C/C=C/CC(NC(=O)c1cnn(C2CCCC2)c1-c1ccccc1)C(=O)O. The number of rotatable bonds is 7. The van der Waals surface area contributed by atoms with Crippen LogP contribution >= 0.6 is 0 Å². The molecule has 1 aromatic heterocycles. The van der Waals surface area contributed by atoms with E-state index in [9.17, 15) is 14.7 Å². The van der Waals surface area contributed by atoms with Crippen molar-refractivity contribution in [3.63, 3.8) is 0 Å². The van der Waals surface area contributed by atoms with E-state index in [-0.39, 0.29) is 12.5 Å². The van der Waals surface area contributed by atoms with Crippen molar-refractivity contribution in [2.24, 2.45) is 0 Å². The molecular formula is C21H25N3O3. The Bertz CT molecular complexity index is 820. The van der Waals surface area contributed by atoms with Crippen LogP contribution in [0.25, 0.3) is 11.3 Å². The number of benzene rings is 1. The zero-order valence-corrected chi connectivity index (χ0v) is 15.5. The summed E-state index contributed by atoms with van der Waals surface area (Å²) in [5, 5.41) is 16.5. The minimum absolute atomic E-state index is 0.245. The van der Waals surface area contributed by atoms with E-state index in [4.69, 9.17) is 0 Å². The summed E-state index contributed by atoms with van der Waals surface area (Å²) in [6.45, 7) is 1.82. The molecule has 1 aliphatic carbocycles. The van der Waals surface area contributed by atoms with Gasteiger partial charge >= 0.3 is 5.97 Å². The topological polar surface area (TPSA) is 84.2 Å². The summed E-state index contributed by atoms with van der Waals surface area (Å²) in [6, 6.07) is 9.00. The van der Waals surface area contributed by atoms with E-state index in [2.05, 4.69) is 10.4 Å². The maximum Gasteiger partial charge on any atom is 0.326 e. The molecule has 2 N–H and O–H groups in total. The van der Waals surface area contributed by atoms with Crippen molar-refractivity contribution in [3.05, 3.63) is 54.2 Å². The van der Waals surface area contributed by atoms with Crippen LogP contribution in [0, 0.1) is 0 Å². The highest BCUT2D eigenvalue weighted by Crippen LogP contribution is 2.34. The van der Waals surface area contributed by atoms with Crippen molar-refractivity contribution in [1.82, 2.24) is 15.1 Å². The molecule has 0 bridgehead atoms. The number of amides is 1. The summed E-state index contributed by atoms with van der Waals surface area (Å²) in [5.74, 6) is -1.46. The van der Waals surface area contributed by atoms with Gasteiger partial charge in [0.15, 0.2) is 0 Å². The number of carbonyl (C=O) groups excluding carboxylic acids is 1. The number of aliphatic carboxylic acids is 1. The fourth-order valence-electron chi connectivity index (χ4n) is 3.57. The van der Waals surface area contributed by atoms with Gasteiger partial charge in [0, 0.05) is 5.56 Å². The van der Waals surface area contributed by atoms with Crippen molar-refractivity contribution < 1.29 is 14.7 Å². The van der Waals surface area contributed by atoms with Gasteiger partial charge in [-0.2, -0.15) is 5.10 Å². The fourth-order valence-corrected chi connectivity index (χ4v) is 3.57. The van der Waals surface area contributed by atoms with Crippen molar-refractivity contribution in [2.45, 2.75) is 51.1 Å². The maximum absolute atomic E-state index is 12.9. The van der Waals surface area contributed by atoms with Gasteiger partial charge in [0.1, 0.15) is 6.04 Å². The quantitative estimate of drug-likeness (QED) is 0.729. The van der Waals surface area contributed by atoms with E-state index in [0.717, 1.165) is 36.9 Å². The lowest BCUT2D eigenvalue weighted by Crippen LogP contribution is -2.40. The average Bonchev–Trinajstić information content (AvgIpc) is 3.34. The van der Waals surface area contributed by atoms with Crippen molar-refractivity contribution in [2.75, 3.05) is 0 Å². The highest BCUT2D eigenvalue weighted by atomic mass is 16.4. The van der Waals surface area contributed by atoms with Gasteiger partial charge in [0.05, 0.1) is 23.5 Å². The second kappa shape index (κ2) is 8.66. The van der Waals surface area contributed by atoms with E-state index >= 15 is 0 Å². The van der Waals surface area contributed by atoms with Crippen LogP contribution in [0.15, 0.2) is 48.7 Å². The van der Waals surface area contributed by atoms with Crippen LogP contribution in [0.4, 0.5) is 0 Å². The van der Waals surface area contributed by atoms with Crippen LogP contribution in [-0.2, 0) is 4.79 Å². The molecule has 6 heteroatoms. The summed E-state index contributed by atoms with van der Waals surface area (Å²) in [7, 11) is 0. The number of hydrogen-bond donors (Lipinski definition) is 2. The van der Waals surface area contributed by atoms with E-state index in [1.165, 1.54) is 0 Å². The molecule has 0 aliphatic heterocycles. The van der Waals surface area contributed by atoms with E-state index < -0.39 is 17.9 Å². The van der Waals surface area contributed by atoms with Crippen LogP contribution in [0.3, 0.4) is 0 Å². The molecule has 1 aliphatic rings. The lowest BCUT2D eigenvalue weighted by molar-refractivity contribution is -0.139. The zero-order chi connectivity index (χ0) is 19.2. The summed E-state index contributed by atoms with van der Waals surface area (Å²) in [4.78, 5) is 24.4. The third-order valence-corrected chi connectivity index (χ3v) is 4.97. The Morgan fingerprint density at radius 1 is 1.30 bits per heavy atom. The molecule has 1 saturated carbocycles. The molecule has 1 heterocycles. The van der Waals surface area contributed by atoms with Gasteiger partial charge in [-0.05, 0) is 26.2 Å². The molecule has 1 atom stereocenters. The molecule has 0 radical (unpaired) electrons. The molecule has 1 aromatic carbocycles. The first-order valence-corrected chi connectivity index (χ1v) is 9.39. The Balaban J connectivity index is 1.94. The van der Waals surface area contributed by atoms with Gasteiger partial charge < -0.3 is 10.4 Å². The third kappa shape index (κ3) is 4.27. The van der Waals surface area contributed by atoms with Crippen LogP contribution in [0.1, 0.15) is 55.4 Å². The first-order valence-electron chi connectivity index (χ1n) is 9.39. The van der Waals surface area contributed by atoms with E-state index in [1.807, 2.05) is 41.9 Å². The van der Waals surface area contributed by atoms with Gasteiger partial charge in [-0.3, -0.25) is 9.48 Å². The first-order chi connectivity index (χ1) is 13.1. The molecule has 27 heavy (non-hydrogen) atoms. The van der Waals surface area contributed by atoms with Gasteiger partial charge in [0.25, 0.3) is 5.91 Å². The predicted molar refractivity (Wildman–Crippen MR) is 103 cm³/mol. The van der Waals surface area contributed by atoms with Gasteiger partial charge in [-0.25, -0.2) is 4.79 Å². The highest BCUT2D eigenvalue weighted by Gasteiger charge is 2.27. The normalized spacial score (nSPS) is 15.9. The van der Waals surface area contributed by atoms with Gasteiger partial charge in [0.2, 0.25) is 0 Å². The van der Waals surface area contributed by atoms with Gasteiger partial charge in [-0.1, -0.05) is 55.3 Å². The second-order valence-electron chi connectivity index (χ2n) is 6.82. The number of carboxylic acids is 1. The molecule has 1 fully saturated rings. The number of carbonyl (C=O) groups is 2. The summed E-state index contributed by atoms with van der Waals surface area (Å²) >= 11 is 0. The minimum Gasteiger partial charge on any atom is -0.480 e. The molecule has 0 saturated heterocycles. The van der Waals surface area contributed by atoms with Crippen molar-refractivity contribution in [1.29, 1.82) is 0 Å². The van der Waals surface area contributed by atoms with Crippen LogP contribution in [0.2, 0.25) is 0 Å². The Hall–Kier alpha value is -2.89. The molecular weight excluding hydrogens is 342 g/mol. The number of nitrogens with one attached hydrogen (secondary N) is 1. The number of nitrogens with zero attached hydrogens (tertiary/aromatic N) is 2. The standard InChI is InChI=1S/C21H25N3O3/c1-2-3-13-18(21(26)27)23-20(25)17-14-22-24(16-11-7-8-12-16)19(17)15-9-5-4-6-10-15/h2-6,9-10,14,16,18H,7-8,11-13H2,1H3,(H,23,25)(H,26,27)/b3-2+. The summed E-state index contributed by atoms with van der Waals surface area (Å²) in [6.07, 6.45) is 9.72. The summed E-state index contributed by atoms with van der Waals surface area (Å²) in [5.41, 5.74) is 2.09. The Morgan fingerprint density at radius 3 is 2.63 bits per heavy atom. The Morgan fingerprint density at radius 2 is 2.00 bits per heavy atom. The molecule has 2 aromatic rings. The smallest absolute Gasteiger partial charge is 0.326 e. The number of aromatic nitrogens is 2. The lowest BCUT2D eigenvalue weighted by Gasteiger charge is -2.17. The minimum atomic E-state index is -1.05. The first kappa shape index (κ1) is 18.9. The molecule has 3 rings (SSSR count). The zero-order valence-electron chi connectivity index (χ0n) is 15.5.